The van der Waals surface area contributed by atoms with Crippen LogP contribution in [0.25, 0.3) is 0 Å². The summed E-state index contributed by atoms with van der Waals surface area (Å²) in [5.74, 6) is -0.136. The minimum atomic E-state index is -3.18. The smallest absolute Gasteiger partial charge is 0.267 e. The molecular weight excluding hydrogens is 304 g/mol. The second-order valence-corrected chi connectivity index (χ2v) is 7.66. The Labute approximate surface area is 130 Å². The molecule has 0 spiro atoms. The lowest BCUT2D eigenvalue weighted by Crippen LogP contribution is -2.43. The number of nitrogens with one attached hydrogen (secondary N) is 1. The second-order valence-electron chi connectivity index (χ2n) is 5.68. The Balaban J connectivity index is 1.93. The molecule has 22 heavy (non-hydrogen) atoms. The Kier molecular flexibility index (Phi) is 4.88. The third-order valence-electron chi connectivity index (χ3n) is 3.87. The molecule has 0 unspecified atom stereocenters. The second kappa shape index (κ2) is 6.50. The lowest BCUT2D eigenvalue weighted by Gasteiger charge is -2.30. The molecule has 0 aromatic carbocycles. The molecule has 1 aromatic rings. The zero-order valence-electron chi connectivity index (χ0n) is 12.7. The molecule has 2 rings (SSSR count). The van der Waals surface area contributed by atoms with Crippen molar-refractivity contribution >= 4 is 15.9 Å². The Morgan fingerprint density at radius 3 is 2.86 bits per heavy atom. The largest absolute Gasteiger partial charge is 0.350 e. The average molecular weight is 324 g/mol. The van der Waals surface area contributed by atoms with Crippen molar-refractivity contribution in [2.24, 2.45) is 13.0 Å². The highest BCUT2D eigenvalue weighted by molar-refractivity contribution is 7.88. The molecule has 7 nitrogen and oxygen atoms in total. The molecule has 0 radical (unpaired) electrons. The van der Waals surface area contributed by atoms with E-state index in [2.05, 4.69) is 5.32 Å². The molecule has 1 amide bonds. The Morgan fingerprint density at radius 1 is 1.55 bits per heavy atom. The van der Waals surface area contributed by atoms with Gasteiger partial charge in [0.05, 0.1) is 11.8 Å². The van der Waals surface area contributed by atoms with Crippen LogP contribution in [0, 0.1) is 17.2 Å². The van der Waals surface area contributed by atoms with Crippen LogP contribution in [0.5, 0.6) is 0 Å². The maximum Gasteiger partial charge on any atom is 0.267 e. The number of aromatic nitrogens is 1. The van der Waals surface area contributed by atoms with Crippen LogP contribution in [0.3, 0.4) is 0 Å². The lowest BCUT2D eigenvalue weighted by molar-refractivity contribution is 0.0933. The number of amides is 1. The van der Waals surface area contributed by atoms with E-state index in [0.717, 1.165) is 12.8 Å². The SMILES string of the molecule is Cn1cc(C#N)cc1C(=O)NC[C@@H]1CCCN(S(C)(=O)=O)C1. The first-order valence-corrected chi connectivity index (χ1v) is 8.96. The predicted octanol–water partition coefficient (Wildman–Crippen LogP) is 0.298. The van der Waals surface area contributed by atoms with E-state index in [4.69, 9.17) is 5.26 Å². The van der Waals surface area contributed by atoms with Gasteiger partial charge in [0.1, 0.15) is 11.8 Å². The quantitative estimate of drug-likeness (QED) is 0.861. The maximum absolute atomic E-state index is 12.1. The summed E-state index contributed by atoms with van der Waals surface area (Å²) >= 11 is 0. The van der Waals surface area contributed by atoms with Gasteiger partial charge in [0.25, 0.3) is 5.91 Å². The van der Waals surface area contributed by atoms with Crippen LogP contribution in [0.1, 0.15) is 28.9 Å². The number of carbonyl (C=O) groups is 1. The van der Waals surface area contributed by atoms with Gasteiger partial charge in [-0.25, -0.2) is 12.7 Å². The van der Waals surface area contributed by atoms with Crippen molar-refractivity contribution in [3.63, 3.8) is 0 Å². The van der Waals surface area contributed by atoms with Gasteiger partial charge in [-0.3, -0.25) is 4.79 Å². The molecule has 1 N–H and O–H groups in total. The number of nitriles is 1. The fourth-order valence-corrected chi connectivity index (χ4v) is 3.62. The van der Waals surface area contributed by atoms with Gasteiger partial charge in [-0.15, -0.1) is 0 Å². The normalized spacial score (nSPS) is 19.6. The standard InChI is InChI=1S/C14H20N4O3S/c1-17-9-12(7-15)6-13(17)14(19)16-8-11-4-3-5-18(10-11)22(2,20)21/h6,9,11H,3-5,8,10H2,1-2H3,(H,16,19)/t11-/m0/s1. The highest BCUT2D eigenvalue weighted by atomic mass is 32.2. The summed E-state index contributed by atoms with van der Waals surface area (Å²) in [6.45, 7) is 1.42. The van der Waals surface area contributed by atoms with Gasteiger partial charge in [0.2, 0.25) is 10.0 Å². The molecule has 0 saturated carbocycles. The van der Waals surface area contributed by atoms with Crippen LogP contribution in [0.2, 0.25) is 0 Å². The highest BCUT2D eigenvalue weighted by Gasteiger charge is 2.26. The summed E-state index contributed by atoms with van der Waals surface area (Å²) in [5, 5.41) is 11.7. The van der Waals surface area contributed by atoms with E-state index in [1.54, 1.807) is 23.9 Å². The van der Waals surface area contributed by atoms with Crippen molar-refractivity contribution in [2.75, 3.05) is 25.9 Å². The van der Waals surface area contributed by atoms with Gasteiger partial charge in [-0.2, -0.15) is 5.26 Å². The van der Waals surface area contributed by atoms with E-state index >= 15 is 0 Å². The third kappa shape index (κ3) is 3.87. The molecule has 8 heteroatoms. The Bertz CT molecular complexity index is 702. The van der Waals surface area contributed by atoms with Crippen LogP contribution in [0.15, 0.2) is 12.3 Å². The summed E-state index contributed by atoms with van der Waals surface area (Å²) in [6, 6.07) is 3.54. The number of carbonyl (C=O) groups excluding carboxylic acids is 1. The minimum absolute atomic E-state index is 0.114. The number of hydrogen-bond donors (Lipinski definition) is 1. The summed E-state index contributed by atoms with van der Waals surface area (Å²) < 4.78 is 26.2. The van der Waals surface area contributed by atoms with Crippen LogP contribution in [-0.2, 0) is 17.1 Å². The fraction of sp³-hybridized carbons (Fsp3) is 0.571. The number of rotatable bonds is 4. The van der Waals surface area contributed by atoms with Crippen LogP contribution in [-0.4, -0.2) is 49.1 Å². The first kappa shape index (κ1) is 16.5. The first-order valence-electron chi connectivity index (χ1n) is 7.11. The summed E-state index contributed by atoms with van der Waals surface area (Å²) in [7, 11) is -1.47. The average Bonchev–Trinajstić information content (AvgIpc) is 2.85. The zero-order valence-corrected chi connectivity index (χ0v) is 13.6. The van der Waals surface area contributed by atoms with Gasteiger partial charge in [0, 0.05) is 32.9 Å². The van der Waals surface area contributed by atoms with Gasteiger partial charge >= 0.3 is 0 Å². The van der Waals surface area contributed by atoms with Gasteiger partial charge in [-0.1, -0.05) is 0 Å². The number of aryl methyl sites for hydroxylation is 1. The van der Waals surface area contributed by atoms with Crippen LogP contribution < -0.4 is 5.32 Å². The Morgan fingerprint density at radius 2 is 2.27 bits per heavy atom. The first-order chi connectivity index (χ1) is 10.3. The van der Waals surface area contributed by atoms with E-state index in [1.165, 1.54) is 10.6 Å². The highest BCUT2D eigenvalue weighted by Crippen LogP contribution is 2.18. The monoisotopic (exact) mass is 324 g/mol. The molecule has 0 bridgehead atoms. The van der Waals surface area contributed by atoms with Gasteiger partial charge < -0.3 is 9.88 Å². The van der Waals surface area contributed by atoms with Gasteiger partial charge in [0.15, 0.2) is 0 Å². The molecule has 1 atom stereocenters. The van der Waals surface area contributed by atoms with E-state index in [0.29, 0.717) is 30.9 Å². The van der Waals surface area contributed by atoms with Crippen molar-refractivity contribution < 1.29 is 13.2 Å². The number of sulfonamides is 1. The van der Waals surface area contributed by atoms with E-state index in [-0.39, 0.29) is 11.8 Å². The number of hydrogen-bond acceptors (Lipinski definition) is 4. The predicted molar refractivity (Wildman–Crippen MR) is 81.6 cm³/mol. The molecule has 120 valence electrons. The third-order valence-corrected chi connectivity index (χ3v) is 5.14. The number of nitrogens with zero attached hydrogens (tertiary/aromatic N) is 3. The van der Waals surface area contributed by atoms with Crippen molar-refractivity contribution in [1.29, 1.82) is 5.26 Å². The van der Waals surface area contributed by atoms with Gasteiger partial charge in [-0.05, 0) is 24.8 Å². The topological polar surface area (TPSA) is 95.2 Å². The maximum atomic E-state index is 12.1. The van der Waals surface area contributed by atoms with Crippen molar-refractivity contribution in [1.82, 2.24) is 14.2 Å². The summed E-state index contributed by atoms with van der Waals surface area (Å²) in [5.41, 5.74) is 0.862. The molecule has 1 saturated heterocycles. The minimum Gasteiger partial charge on any atom is -0.350 e. The van der Waals surface area contributed by atoms with Crippen LogP contribution >= 0.6 is 0 Å². The summed E-state index contributed by atoms with van der Waals surface area (Å²) in [4.78, 5) is 12.1. The molecule has 1 aliphatic rings. The molecule has 1 fully saturated rings. The fourth-order valence-electron chi connectivity index (χ4n) is 2.67. The molecule has 2 heterocycles. The number of piperidine rings is 1. The molecule has 0 aliphatic carbocycles. The lowest BCUT2D eigenvalue weighted by atomic mass is 10.00. The zero-order chi connectivity index (χ0) is 16.3. The van der Waals surface area contributed by atoms with E-state index < -0.39 is 10.0 Å². The molecule has 1 aromatic heterocycles. The van der Waals surface area contributed by atoms with Crippen molar-refractivity contribution in [3.8, 4) is 6.07 Å². The van der Waals surface area contributed by atoms with Crippen LogP contribution in [0.4, 0.5) is 0 Å². The molecular formula is C14H20N4O3S. The Hall–Kier alpha value is -1.85. The van der Waals surface area contributed by atoms with Crippen molar-refractivity contribution in [2.45, 2.75) is 12.8 Å². The summed E-state index contributed by atoms with van der Waals surface area (Å²) in [6.07, 6.45) is 4.50. The van der Waals surface area contributed by atoms with E-state index in [1.807, 2.05) is 6.07 Å². The van der Waals surface area contributed by atoms with Crippen molar-refractivity contribution in [3.05, 3.63) is 23.5 Å². The van der Waals surface area contributed by atoms with E-state index in [9.17, 15) is 13.2 Å². The molecule has 1 aliphatic heterocycles.